The summed E-state index contributed by atoms with van der Waals surface area (Å²) in [6.07, 6.45) is -1.91. The zero-order valence-corrected chi connectivity index (χ0v) is 10.4. The van der Waals surface area contributed by atoms with Gasteiger partial charge in [-0.15, -0.1) is 0 Å². The molecule has 2 N–H and O–H groups in total. The van der Waals surface area contributed by atoms with Gasteiger partial charge in [0.2, 0.25) is 0 Å². The Labute approximate surface area is 101 Å². The van der Waals surface area contributed by atoms with E-state index in [1.54, 1.807) is 0 Å². The minimum atomic E-state index is -3.77. The lowest BCUT2D eigenvalue weighted by Gasteiger charge is -2.07. The maximum atomic E-state index is 11.6. The van der Waals surface area contributed by atoms with Gasteiger partial charge in [-0.3, -0.25) is 0 Å². The zero-order chi connectivity index (χ0) is 12.3. The number of sulfone groups is 1. The van der Waals surface area contributed by atoms with Crippen molar-refractivity contribution in [3.63, 3.8) is 0 Å². The summed E-state index contributed by atoms with van der Waals surface area (Å²) in [7, 11) is -3.77. The Morgan fingerprint density at radius 3 is 2.25 bits per heavy atom. The van der Waals surface area contributed by atoms with Gasteiger partial charge in [-0.2, -0.15) is 0 Å². The molecule has 0 aliphatic carbocycles. The average molecular weight is 309 g/mol. The van der Waals surface area contributed by atoms with E-state index in [0.717, 1.165) is 0 Å². The van der Waals surface area contributed by atoms with E-state index in [1.165, 1.54) is 24.3 Å². The van der Waals surface area contributed by atoms with Crippen molar-refractivity contribution in [2.24, 2.45) is 0 Å². The number of hydrogen-bond donors (Lipinski definition) is 2. The van der Waals surface area contributed by atoms with Gasteiger partial charge in [-0.25, -0.2) is 13.2 Å². The van der Waals surface area contributed by atoms with Gasteiger partial charge >= 0.3 is 5.97 Å². The van der Waals surface area contributed by atoms with Crippen LogP contribution in [0, 0.1) is 0 Å². The molecule has 0 bridgehead atoms. The molecule has 0 aliphatic rings. The highest BCUT2D eigenvalue weighted by Gasteiger charge is 2.24. The van der Waals surface area contributed by atoms with Gasteiger partial charge in [0, 0.05) is 4.47 Å². The number of carboxylic acid groups (broad SMARTS) is 1. The summed E-state index contributed by atoms with van der Waals surface area (Å²) in [5, 5.41) is 17.4. The van der Waals surface area contributed by atoms with Crippen LogP contribution in [0.3, 0.4) is 0 Å². The Hall–Kier alpha value is -0.920. The standard InChI is InChI=1S/C9H9BrO5S/c10-6-1-3-7(4-2-6)16(14,15)5-8(11)9(12)13/h1-4,8,11H,5H2,(H,12,13). The summed E-state index contributed by atoms with van der Waals surface area (Å²) in [5.74, 6) is -2.38. The predicted octanol–water partition coefficient (Wildman–Crippen LogP) is 0.668. The Morgan fingerprint density at radius 2 is 1.81 bits per heavy atom. The summed E-state index contributed by atoms with van der Waals surface area (Å²) in [6, 6.07) is 5.74. The van der Waals surface area contributed by atoms with Crippen molar-refractivity contribution < 1.29 is 23.4 Å². The van der Waals surface area contributed by atoms with E-state index in [-0.39, 0.29) is 4.90 Å². The maximum absolute atomic E-state index is 11.6. The third-order valence-corrected chi connectivity index (χ3v) is 4.11. The molecule has 88 valence electrons. The molecule has 0 aromatic heterocycles. The van der Waals surface area contributed by atoms with Crippen LogP contribution >= 0.6 is 15.9 Å². The molecule has 0 radical (unpaired) electrons. The monoisotopic (exact) mass is 308 g/mol. The first kappa shape index (κ1) is 13.1. The molecule has 0 fully saturated rings. The van der Waals surface area contributed by atoms with Gasteiger partial charge in [-0.1, -0.05) is 15.9 Å². The van der Waals surface area contributed by atoms with Crippen LogP contribution in [0.4, 0.5) is 0 Å². The summed E-state index contributed by atoms with van der Waals surface area (Å²) >= 11 is 3.15. The quantitative estimate of drug-likeness (QED) is 0.853. The van der Waals surface area contributed by atoms with E-state index >= 15 is 0 Å². The Bertz CT molecular complexity index is 479. The first-order valence-electron chi connectivity index (χ1n) is 4.22. The number of aliphatic hydroxyl groups is 1. The van der Waals surface area contributed by atoms with Crippen LogP contribution < -0.4 is 0 Å². The van der Waals surface area contributed by atoms with Gasteiger partial charge < -0.3 is 10.2 Å². The second-order valence-electron chi connectivity index (χ2n) is 3.09. The third kappa shape index (κ3) is 3.29. The number of carbonyl (C=O) groups is 1. The molecule has 16 heavy (non-hydrogen) atoms. The highest BCUT2D eigenvalue weighted by Crippen LogP contribution is 2.16. The molecule has 0 saturated carbocycles. The van der Waals surface area contributed by atoms with Gasteiger partial charge in [0.25, 0.3) is 0 Å². The largest absolute Gasteiger partial charge is 0.479 e. The van der Waals surface area contributed by atoms with Crippen molar-refractivity contribution in [1.29, 1.82) is 0 Å². The first-order valence-corrected chi connectivity index (χ1v) is 6.66. The molecule has 7 heteroatoms. The number of benzene rings is 1. The number of aliphatic hydroxyl groups excluding tert-OH is 1. The Morgan fingerprint density at radius 1 is 1.31 bits per heavy atom. The third-order valence-electron chi connectivity index (χ3n) is 1.84. The van der Waals surface area contributed by atoms with Crippen LogP contribution in [0.1, 0.15) is 0 Å². The van der Waals surface area contributed by atoms with Crippen molar-refractivity contribution in [2.75, 3.05) is 5.75 Å². The second kappa shape index (κ2) is 4.94. The molecule has 0 aliphatic heterocycles. The van der Waals surface area contributed by atoms with Crippen LogP contribution in [0.25, 0.3) is 0 Å². The number of carboxylic acids is 1. The van der Waals surface area contributed by atoms with Crippen LogP contribution in [-0.4, -0.2) is 36.5 Å². The number of rotatable bonds is 4. The summed E-state index contributed by atoms with van der Waals surface area (Å²) in [6.45, 7) is 0. The maximum Gasteiger partial charge on any atom is 0.333 e. The SMILES string of the molecule is O=C(O)C(O)CS(=O)(=O)c1ccc(Br)cc1. The normalized spacial score (nSPS) is 13.4. The lowest BCUT2D eigenvalue weighted by Crippen LogP contribution is -2.28. The van der Waals surface area contributed by atoms with Crippen molar-refractivity contribution in [3.05, 3.63) is 28.7 Å². The fourth-order valence-corrected chi connectivity index (χ4v) is 2.58. The molecule has 0 heterocycles. The highest BCUT2D eigenvalue weighted by atomic mass is 79.9. The molecule has 0 spiro atoms. The summed E-state index contributed by atoms with van der Waals surface area (Å²) in [4.78, 5) is 10.3. The summed E-state index contributed by atoms with van der Waals surface area (Å²) in [5.41, 5.74) is 0. The van der Waals surface area contributed by atoms with Gasteiger partial charge in [0.05, 0.1) is 10.6 Å². The smallest absolute Gasteiger partial charge is 0.333 e. The topological polar surface area (TPSA) is 91.7 Å². The highest BCUT2D eigenvalue weighted by molar-refractivity contribution is 9.10. The van der Waals surface area contributed by atoms with Crippen LogP contribution in [-0.2, 0) is 14.6 Å². The van der Waals surface area contributed by atoms with Crippen molar-refractivity contribution >= 4 is 31.7 Å². The van der Waals surface area contributed by atoms with Gasteiger partial charge in [-0.05, 0) is 24.3 Å². The molecule has 0 saturated heterocycles. The molecule has 0 amide bonds. The lowest BCUT2D eigenvalue weighted by atomic mass is 10.4. The van der Waals surface area contributed by atoms with E-state index in [4.69, 9.17) is 10.2 Å². The van der Waals surface area contributed by atoms with Crippen molar-refractivity contribution in [1.82, 2.24) is 0 Å². The van der Waals surface area contributed by atoms with Gasteiger partial charge in [0.1, 0.15) is 0 Å². The molecule has 1 aromatic carbocycles. The fourth-order valence-electron chi connectivity index (χ4n) is 1.02. The number of hydrogen-bond acceptors (Lipinski definition) is 4. The minimum Gasteiger partial charge on any atom is -0.479 e. The lowest BCUT2D eigenvalue weighted by molar-refractivity contribution is -0.145. The molecule has 1 rings (SSSR count). The van der Waals surface area contributed by atoms with Crippen molar-refractivity contribution in [3.8, 4) is 0 Å². The molecule has 1 atom stereocenters. The van der Waals surface area contributed by atoms with E-state index in [9.17, 15) is 13.2 Å². The predicted molar refractivity (Wildman–Crippen MR) is 59.8 cm³/mol. The minimum absolute atomic E-state index is 0.0176. The molecule has 1 aromatic rings. The first-order chi connectivity index (χ1) is 7.33. The van der Waals surface area contributed by atoms with Gasteiger partial charge in [0.15, 0.2) is 15.9 Å². The molecular weight excluding hydrogens is 300 g/mol. The fraction of sp³-hybridized carbons (Fsp3) is 0.222. The van der Waals surface area contributed by atoms with Crippen molar-refractivity contribution in [2.45, 2.75) is 11.0 Å². The number of aliphatic carboxylic acids is 1. The molecule has 5 nitrogen and oxygen atoms in total. The van der Waals surface area contributed by atoms with Crippen LogP contribution in [0.15, 0.2) is 33.6 Å². The second-order valence-corrected chi connectivity index (χ2v) is 6.04. The van der Waals surface area contributed by atoms with E-state index in [2.05, 4.69) is 15.9 Å². The van der Waals surface area contributed by atoms with E-state index < -0.39 is 27.7 Å². The van der Waals surface area contributed by atoms with E-state index in [1.807, 2.05) is 0 Å². The Balaban J connectivity index is 2.94. The van der Waals surface area contributed by atoms with E-state index in [0.29, 0.717) is 4.47 Å². The Kier molecular flexibility index (Phi) is 4.06. The molecule has 1 unspecified atom stereocenters. The zero-order valence-electron chi connectivity index (χ0n) is 8.00. The molecular formula is C9H9BrO5S. The number of halogens is 1. The van der Waals surface area contributed by atoms with Crippen LogP contribution in [0.5, 0.6) is 0 Å². The summed E-state index contributed by atoms with van der Waals surface area (Å²) < 4.78 is 24.0. The van der Waals surface area contributed by atoms with Crippen LogP contribution in [0.2, 0.25) is 0 Å². The average Bonchev–Trinajstić information content (AvgIpc) is 2.17.